The van der Waals surface area contributed by atoms with E-state index in [0.29, 0.717) is 44.2 Å². The minimum Gasteiger partial charge on any atom is -0.503 e. The number of hydrogen-bond acceptors (Lipinski definition) is 7. The minimum absolute atomic E-state index is 0.0112. The Morgan fingerprint density at radius 1 is 1.00 bits per heavy atom. The molecular weight excluding hydrogens is 460 g/mol. The molecular formula is C28H28N2O6. The van der Waals surface area contributed by atoms with Crippen LogP contribution in [0.3, 0.4) is 0 Å². The lowest BCUT2D eigenvalue weighted by atomic mass is 9.95. The number of ketones is 1. The van der Waals surface area contributed by atoms with Crippen molar-refractivity contribution >= 4 is 11.7 Å². The lowest BCUT2D eigenvalue weighted by Crippen LogP contribution is -2.43. The second-order valence-electron chi connectivity index (χ2n) is 8.77. The molecule has 0 spiro atoms. The lowest BCUT2D eigenvalue weighted by Gasteiger charge is -2.31. The Morgan fingerprint density at radius 3 is 2.56 bits per heavy atom. The first-order valence-corrected chi connectivity index (χ1v) is 12.0. The molecule has 0 radical (unpaired) electrons. The molecule has 0 aliphatic carbocycles. The topological polar surface area (TPSA) is 92.5 Å². The van der Waals surface area contributed by atoms with E-state index in [1.807, 2.05) is 54.6 Å². The molecule has 1 N–H and O–H groups in total. The van der Waals surface area contributed by atoms with Gasteiger partial charge < -0.3 is 23.9 Å². The van der Waals surface area contributed by atoms with Gasteiger partial charge in [-0.1, -0.05) is 42.5 Å². The van der Waals surface area contributed by atoms with Gasteiger partial charge in [-0.25, -0.2) is 0 Å². The summed E-state index contributed by atoms with van der Waals surface area (Å²) in [6.07, 6.45) is 1.39. The molecule has 2 aliphatic rings. The van der Waals surface area contributed by atoms with E-state index in [-0.39, 0.29) is 11.3 Å². The van der Waals surface area contributed by atoms with Crippen molar-refractivity contribution in [1.82, 2.24) is 9.80 Å². The van der Waals surface area contributed by atoms with Crippen molar-refractivity contribution in [3.8, 4) is 5.75 Å². The van der Waals surface area contributed by atoms with Gasteiger partial charge in [0.05, 0.1) is 31.1 Å². The summed E-state index contributed by atoms with van der Waals surface area (Å²) in [5.74, 6) is -0.952. The Balaban J connectivity index is 1.43. The third kappa shape index (κ3) is 5.05. The van der Waals surface area contributed by atoms with Crippen molar-refractivity contribution in [2.75, 3.05) is 39.4 Å². The molecule has 8 nitrogen and oxygen atoms in total. The van der Waals surface area contributed by atoms with Crippen molar-refractivity contribution < 1.29 is 28.6 Å². The van der Waals surface area contributed by atoms with E-state index in [1.54, 1.807) is 11.0 Å². The third-order valence-electron chi connectivity index (χ3n) is 6.48. The van der Waals surface area contributed by atoms with E-state index in [1.165, 1.54) is 12.3 Å². The number of carbonyl (C=O) groups excluding carboxylic acids is 2. The standard InChI is InChI=1S/C28H28N2O6/c31-26(23-10-5-15-35-23)24-25(30(28(33)27(24)32)12-11-29-13-16-34-17-14-29)21-8-4-9-22(18-21)36-19-20-6-2-1-3-7-20/h1-10,15,18,25,32H,11-14,16-17,19H2. The zero-order valence-electron chi connectivity index (χ0n) is 19.8. The Morgan fingerprint density at radius 2 is 1.81 bits per heavy atom. The van der Waals surface area contributed by atoms with E-state index < -0.39 is 23.5 Å². The van der Waals surface area contributed by atoms with Crippen LogP contribution in [0.2, 0.25) is 0 Å². The number of amides is 1. The van der Waals surface area contributed by atoms with Crippen LogP contribution < -0.4 is 4.74 Å². The van der Waals surface area contributed by atoms with Crippen molar-refractivity contribution in [2.24, 2.45) is 0 Å². The molecule has 36 heavy (non-hydrogen) atoms. The van der Waals surface area contributed by atoms with Crippen LogP contribution >= 0.6 is 0 Å². The Labute approximate surface area is 209 Å². The molecule has 0 bridgehead atoms. The fourth-order valence-electron chi connectivity index (χ4n) is 4.59. The first-order valence-electron chi connectivity index (χ1n) is 12.0. The van der Waals surface area contributed by atoms with Gasteiger partial charge in [0.15, 0.2) is 11.5 Å². The number of morpholine rings is 1. The maximum Gasteiger partial charge on any atom is 0.290 e. The Bertz CT molecular complexity index is 1230. The molecule has 1 aromatic heterocycles. The number of nitrogens with zero attached hydrogens (tertiary/aromatic N) is 2. The number of Topliss-reactive ketones (excluding diaryl/α,β-unsaturated/α-hetero) is 1. The molecule has 186 valence electrons. The molecule has 3 heterocycles. The largest absolute Gasteiger partial charge is 0.503 e. The van der Waals surface area contributed by atoms with E-state index >= 15 is 0 Å². The lowest BCUT2D eigenvalue weighted by molar-refractivity contribution is -0.129. The number of hydrogen-bond donors (Lipinski definition) is 1. The van der Waals surface area contributed by atoms with Crippen LogP contribution in [-0.2, 0) is 16.1 Å². The zero-order chi connectivity index (χ0) is 24.9. The molecule has 2 aromatic carbocycles. The average Bonchev–Trinajstić information content (AvgIpc) is 3.55. The monoisotopic (exact) mass is 488 g/mol. The molecule has 1 saturated heterocycles. The molecule has 5 rings (SSSR count). The highest BCUT2D eigenvalue weighted by Crippen LogP contribution is 2.40. The molecule has 1 amide bonds. The zero-order valence-corrected chi connectivity index (χ0v) is 19.8. The fraction of sp³-hybridized carbons (Fsp3) is 0.286. The van der Waals surface area contributed by atoms with Crippen molar-refractivity contribution in [2.45, 2.75) is 12.6 Å². The van der Waals surface area contributed by atoms with Crippen LogP contribution in [0.5, 0.6) is 5.75 Å². The highest BCUT2D eigenvalue weighted by Gasteiger charge is 2.44. The van der Waals surface area contributed by atoms with Crippen LogP contribution in [0, 0.1) is 0 Å². The normalized spacial score (nSPS) is 18.6. The number of rotatable bonds is 9. The maximum absolute atomic E-state index is 13.3. The quantitative estimate of drug-likeness (QED) is 0.459. The number of furan rings is 1. The second-order valence-corrected chi connectivity index (χ2v) is 8.77. The van der Waals surface area contributed by atoms with Crippen LogP contribution in [0.15, 0.2) is 88.7 Å². The summed E-state index contributed by atoms with van der Waals surface area (Å²) in [5.41, 5.74) is 1.71. The van der Waals surface area contributed by atoms with Crippen molar-refractivity contribution in [3.05, 3.63) is 101 Å². The van der Waals surface area contributed by atoms with Gasteiger partial charge in [-0.15, -0.1) is 0 Å². The van der Waals surface area contributed by atoms with Gasteiger partial charge in [-0.05, 0) is 35.4 Å². The van der Waals surface area contributed by atoms with Crippen LogP contribution in [-0.4, -0.2) is 66.0 Å². The second kappa shape index (κ2) is 10.8. The highest BCUT2D eigenvalue weighted by molar-refractivity contribution is 6.15. The summed E-state index contributed by atoms with van der Waals surface area (Å²) < 4.78 is 16.7. The molecule has 2 aliphatic heterocycles. The summed E-state index contributed by atoms with van der Waals surface area (Å²) in [4.78, 5) is 30.3. The molecule has 8 heteroatoms. The third-order valence-corrected chi connectivity index (χ3v) is 6.48. The predicted octanol–water partition coefficient (Wildman–Crippen LogP) is 3.77. The summed E-state index contributed by atoms with van der Waals surface area (Å²) in [6, 6.07) is 19.5. The van der Waals surface area contributed by atoms with E-state index in [2.05, 4.69) is 4.90 Å². The number of aliphatic hydroxyl groups excluding tert-OH is 1. The maximum atomic E-state index is 13.3. The van der Waals surface area contributed by atoms with Crippen molar-refractivity contribution in [3.63, 3.8) is 0 Å². The van der Waals surface area contributed by atoms with E-state index in [9.17, 15) is 14.7 Å². The molecule has 3 aromatic rings. The number of aliphatic hydroxyl groups is 1. The summed E-state index contributed by atoms with van der Waals surface area (Å²) in [5, 5.41) is 10.8. The van der Waals surface area contributed by atoms with Gasteiger partial charge in [0.1, 0.15) is 12.4 Å². The van der Waals surface area contributed by atoms with Gasteiger partial charge in [0.2, 0.25) is 5.78 Å². The SMILES string of the molecule is O=C(C1=C(O)C(=O)N(CCN2CCOCC2)C1c1cccc(OCc2ccccc2)c1)c1ccco1. The van der Waals surface area contributed by atoms with Gasteiger partial charge in [-0.2, -0.15) is 0 Å². The highest BCUT2D eigenvalue weighted by atomic mass is 16.5. The van der Waals surface area contributed by atoms with Gasteiger partial charge in [0.25, 0.3) is 5.91 Å². The first-order chi connectivity index (χ1) is 17.6. The molecule has 1 unspecified atom stereocenters. The van der Waals surface area contributed by atoms with E-state index in [0.717, 1.165) is 18.7 Å². The predicted molar refractivity (Wildman–Crippen MR) is 132 cm³/mol. The minimum atomic E-state index is -0.767. The number of benzene rings is 2. The fourth-order valence-corrected chi connectivity index (χ4v) is 4.59. The number of ether oxygens (including phenoxy) is 2. The Kier molecular flexibility index (Phi) is 7.16. The van der Waals surface area contributed by atoms with Crippen LogP contribution in [0.4, 0.5) is 0 Å². The van der Waals surface area contributed by atoms with E-state index in [4.69, 9.17) is 13.9 Å². The van der Waals surface area contributed by atoms with Gasteiger partial charge in [0, 0.05) is 26.2 Å². The van der Waals surface area contributed by atoms with Gasteiger partial charge in [-0.3, -0.25) is 14.5 Å². The van der Waals surface area contributed by atoms with Crippen LogP contribution in [0.1, 0.15) is 27.7 Å². The number of carbonyl (C=O) groups is 2. The summed E-state index contributed by atoms with van der Waals surface area (Å²) in [7, 11) is 0. The first kappa shape index (κ1) is 23.8. The van der Waals surface area contributed by atoms with Crippen molar-refractivity contribution in [1.29, 1.82) is 0 Å². The average molecular weight is 489 g/mol. The van der Waals surface area contributed by atoms with Gasteiger partial charge >= 0.3 is 0 Å². The van der Waals surface area contributed by atoms with Crippen LogP contribution in [0.25, 0.3) is 0 Å². The summed E-state index contributed by atoms with van der Waals surface area (Å²) in [6.45, 7) is 4.16. The summed E-state index contributed by atoms with van der Waals surface area (Å²) >= 11 is 0. The Hall–Kier alpha value is -3.88. The molecule has 1 atom stereocenters. The smallest absolute Gasteiger partial charge is 0.290 e. The molecule has 1 fully saturated rings. The molecule has 0 saturated carbocycles.